The molecule has 1 atom stereocenters. The van der Waals surface area contributed by atoms with Crippen LogP contribution in [0.5, 0.6) is 11.5 Å². The van der Waals surface area contributed by atoms with Gasteiger partial charge in [0.2, 0.25) is 0 Å². The van der Waals surface area contributed by atoms with Crippen LogP contribution in [-0.2, 0) is 4.79 Å². The van der Waals surface area contributed by atoms with Crippen LogP contribution in [0, 0.1) is 17.2 Å². The summed E-state index contributed by atoms with van der Waals surface area (Å²) < 4.78 is 10.8. The molecule has 1 amide bonds. The third kappa shape index (κ3) is 5.50. The highest BCUT2D eigenvalue weighted by Crippen LogP contribution is 2.28. The van der Waals surface area contributed by atoms with E-state index in [4.69, 9.17) is 14.7 Å². The van der Waals surface area contributed by atoms with E-state index in [0.717, 1.165) is 5.56 Å². The van der Waals surface area contributed by atoms with Crippen molar-refractivity contribution in [2.75, 3.05) is 13.7 Å². The fraction of sp³-hybridized carbons (Fsp3) is 0.391. The molecule has 2 rings (SSSR count). The maximum atomic E-state index is 12.5. The van der Waals surface area contributed by atoms with Gasteiger partial charge in [-0.3, -0.25) is 4.79 Å². The molecule has 0 aliphatic heterocycles. The van der Waals surface area contributed by atoms with E-state index < -0.39 is 0 Å². The minimum atomic E-state index is -0.210. The van der Waals surface area contributed by atoms with E-state index in [2.05, 4.69) is 57.3 Å². The van der Waals surface area contributed by atoms with Crippen LogP contribution in [0.4, 0.5) is 0 Å². The SMILES string of the molecule is COc1cc(C#N)ccc1OCC(=O)NC(c1ccc(C(C)C)cc1)C(C)C. The summed E-state index contributed by atoms with van der Waals surface area (Å²) in [5.41, 5.74) is 2.82. The fourth-order valence-electron chi connectivity index (χ4n) is 2.94. The normalized spacial score (nSPS) is 11.8. The number of rotatable bonds is 8. The van der Waals surface area contributed by atoms with Gasteiger partial charge >= 0.3 is 0 Å². The predicted octanol–water partition coefficient (Wildman–Crippen LogP) is 4.58. The first kappa shape index (κ1) is 21.3. The average molecular weight is 380 g/mol. The Kier molecular flexibility index (Phi) is 7.45. The van der Waals surface area contributed by atoms with Crippen molar-refractivity contribution in [3.05, 3.63) is 59.2 Å². The number of benzene rings is 2. The lowest BCUT2D eigenvalue weighted by molar-refractivity contribution is -0.124. The van der Waals surface area contributed by atoms with Gasteiger partial charge in [0.05, 0.1) is 24.8 Å². The smallest absolute Gasteiger partial charge is 0.258 e. The first-order valence-electron chi connectivity index (χ1n) is 9.45. The summed E-state index contributed by atoms with van der Waals surface area (Å²) in [4.78, 5) is 12.5. The van der Waals surface area contributed by atoms with Gasteiger partial charge in [-0.25, -0.2) is 0 Å². The fourth-order valence-corrected chi connectivity index (χ4v) is 2.94. The Morgan fingerprint density at radius 1 is 1.04 bits per heavy atom. The molecule has 2 aromatic rings. The summed E-state index contributed by atoms with van der Waals surface area (Å²) in [6, 6.07) is 15.2. The Balaban J connectivity index is 2.04. The second kappa shape index (κ2) is 9.80. The van der Waals surface area contributed by atoms with Gasteiger partial charge in [-0.2, -0.15) is 5.26 Å². The Labute approximate surface area is 167 Å². The number of carbonyl (C=O) groups is 1. The minimum Gasteiger partial charge on any atom is -0.493 e. The summed E-state index contributed by atoms with van der Waals surface area (Å²) in [5, 5.41) is 12.0. The number of carbonyl (C=O) groups excluding carboxylic acids is 1. The second-order valence-corrected chi connectivity index (χ2v) is 7.38. The molecule has 0 spiro atoms. The third-order valence-corrected chi connectivity index (χ3v) is 4.60. The van der Waals surface area contributed by atoms with E-state index in [0.29, 0.717) is 23.0 Å². The molecule has 0 radical (unpaired) electrons. The van der Waals surface area contributed by atoms with Crippen molar-refractivity contribution in [1.29, 1.82) is 5.26 Å². The van der Waals surface area contributed by atoms with Crippen LogP contribution in [0.1, 0.15) is 56.3 Å². The highest BCUT2D eigenvalue weighted by molar-refractivity contribution is 5.78. The molecule has 148 valence electrons. The molecule has 28 heavy (non-hydrogen) atoms. The maximum Gasteiger partial charge on any atom is 0.258 e. The van der Waals surface area contributed by atoms with E-state index in [9.17, 15) is 4.79 Å². The van der Waals surface area contributed by atoms with Crippen molar-refractivity contribution in [3.63, 3.8) is 0 Å². The number of amides is 1. The van der Waals surface area contributed by atoms with Gasteiger partial charge in [-0.15, -0.1) is 0 Å². The lowest BCUT2D eigenvalue weighted by Gasteiger charge is -2.23. The van der Waals surface area contributed by atoms with Gasteiger partial charge in [0.15, 0.2) is 18.1 Å². The topological polar surface area (TPSA) is 71.3 Å². The third-order valence-electron chi connectivity index (χ3n) is 4.60. The molecule has 0 aromatic heterocycles. The number of methoxy groups -OCH3 is 1. The Bertz CT molecular complexity index is 836. The van der Waals surface area contributed by atoms with Crippen LogP contribution in [0.25, 0.3) is 0 Å². The van der Waals surface area contributed by atoms with Gasteiger partial charge in [-0.1, -0.05) is 52.0 Å². The minimum absolute atomic E-state index is 0.0971. The Morgan fingerprint density at radius 3 is 2.21 bits per heavy atom. The first-order chi connectivity index (χ1) is 13.3. The van der Waals surface area contributed by atoms with Crippen molar-refractivity contribution in [2.45, 2.75) is 39.7 Å². The number of hydrogen-bond donors (Lipinski definition) is 1. The molecule has 0 saturated carbocycles. The number of ether oxygens (including phenoxy) is 2. The average Bonchev–Trinajstić information content (AvgIpc) is 2.70. The van der Waals surface area contributed by atoms with Crippen LogP contribution in [0.3, 0.4) is 0 Å². The summed E-state index contributed by atoms with van der Waals surface area (Å²) in [6.45, 7) is 8.34. The first-order valence-corrected chi connectivity index (χ1v) is 9.45. The molecule has 0 bridgehead atoms. The molecule has 5 nitrogen and oxygen atoms in total. The Morgan fingerprint density at radius 2 is 1.68 bits per heavy atom. The van der Waals surface area contributed by atoms with Gasteiger partial charge in [0, 0.05) is 6.07 Å². The zero-order valence-corrected chi connectivity index (χ0v) is 17.2. The van der Waals surface area contributed by atoms with E-state index >= 15 is 0 Å². The second-order valence-electron chi connectivity index (χ2n) is 7.38. The largest absolute Gasteiger partial charge is 0.493 e. The molecule has 5 heteroatoms. The van der Waals surface area contributed by atoms with Crippen LogP contribution >= 0.6 is 0 Å². The Hall–Kier alpha value is -3.00. The predicted molar refractivity (Wildman–Crippen MR) is 109 cm³/mol. The van der Waals surface area contributed by atoms with E-state index in [-0.39, 0.29) is 24.5 Å². The van der Waals surface area contributed by atoms with Crippen molar-refractivity contribution in [1.82, 2.24) is 5.32 Å². The molecule has 0 fully saturated rings. The highest BCUT2D eigenvalue weighted by atomic mass is 16.5. The van der Waals surface area contributed by atoms with Crippen LogP contribution in [-0.4, -0.2) is 19.6 Å². The molecular formula is C23H28N2O3. The number of nitriles is 1. The molecule has 0 aliphatic carbocycles. The number of nitrogens with one attached hydrogen (secondary N) is 1. The van der Waals surface area contributed by atoms with Crippen molar-refractivity contribution in [2.24, 2.45) is 5.92 Å². The molecule has 0 saturated heterocycles. The van der Waals surface area contributed by atoms with Crippen LogP contribution < -0.4 is 14.8 Å². The zero-order valence-electron chi connectivity index (χ0n) is 17.2. The quantitative estimate of drug-likeness (QED) is 0.727. The molecule has 0 heterocycles. The number of hydrogen-bond acceptors (Lipinski definition) is 4. The number of nitrogens with zero attached hydrogens (tertiary/aromatic N) is 1. The van der Waals surface area contributed by atoms with Gasteiger partial charge in [0.25, 0.3) is 5.91 Å². The van der Waals surface area contributed by atoms with E-state index in [1.54, 1.807) is 18.2 Å². The standard InChI is InChI=1S/C23H28N2O3/c1-15(2)18-7-9-19(10-8-18)23(16(3)4)25-22(26)14-28-20-11-6-17(13-24)12-21(20)27-5/h6-12,15-16,23H,14H2,1-5H3,(H,25,26). The van der Waals surface area contributed by atoms with Gasteiger partial charge in [-0.05, 0) is 35.1 Å². The van der Waals surface area contributed by atoms with Gasteiger partial charge < -0.3 is 14.8 Å². The lowest BCUT2D eigenvalue weighted by atomic mass is 9.93. The summed E-state index contributed by atoms with van der Waals surface area (Å²) in [5.74, 6) is 1.35. The monoisotopic (exact) mass is 380 g/mol. The summed E-state index contributed by atoms with van der Waals surface area (Å²) >= 11 is 0. The van der Waals surface area contributed by atoms with Crippen LogP contribution in [0.15, 0.2) is 42.5 Å². The lowest BCUT2D eigenvalue weighted by Crippen LogP contribution is -2.35. The highest BCUT2D eigenvalue weighted by Gasteiger charge is 2.19. The molecular weight excluding hydrogens is 352 g/mol. The van der Waals surface area contributed by atoms with Crippen molar-refractivity contribution >= 4 is 5.91 Å². The van der Waals surface area contributed by atoms with Crippen molar-refractivity contribution < 1.29 is 14.3 Å². The summed E-state index contributed by atoms with van der Waals surface area (Å²) in [6.07, 6.45) is 0. The molecule has 0 aliphatic rings. The van der Waals surface area contributed by atoms with Crippen molar-refractivity contribution in [3.8, 4) is 17.6 Å². The zero-order chi connectivity index (χ0) is 20.7. The van der Waals surface area contributed by atoms with E-state index in [1.165, 1.54) is 12.7 Å². The van der Waals surface area contributed by atoms with E-state index in [1.807, 2.05) is 6.07 Å². The molecule has 2 aromatic carbocycles. The molecule has 1 unspecified atom stereocenters. The van der Waals surface area contributed by atoms with Crippen LogP contribution in [0.2, 0.25) is 0 Å². The summed E-state index contributed by atoms with van der Waals surface area (Å²) in [7, 11) is 1.50. The van der Waals surface area contributed by atoms with Gasteiger partial charge in [0.1, 0.15) is 0 Å². The molecule has 1 N–H and O–H groups in total. The maximum absolute atomic E-state index is 12.5.